The van der Waals surface area contributed by atoms with Gasteiger partial charge in [-0.1, -0.05) is 59.8 Å². The van der Waals surface area contributed by atoms with E-state index in [1.54, 1.807) is 0 Å². The van der Waals surface area contributed by atoms with Crippen molar-refractivity contribution in [1.29, 1.82) is 0 Å². The summed E-state index contributed by atoms with van der Waals surface area (Å²) in [6.07, 6.45) is 1.83. The van der Waals surface area contributed by atoms with E-state index < -0.39 is 26.2 Å². The van der Waals surface area contributed by atoms with Gasteiger partial charge in [0.25, 0.3) is 0 Å². The summed E-state index contributed by atoms with van der Waals surface area (Å²) in [5, 5.41) is 11.8. The number of allylic oxidation sites excluding steroid dienone is 2. The minimum atomic E-state index is -4.42. The van der Waals surface area contributed by atoms with Gasteiger partial charge < -0.3 is 9.53 Å². The van der Waals surface area contributed by atoms with Crippen molar-refractivity contribution in [2.45, 2.75) is 117 Å². The fraction of sp³-hybridized carbons (Fsp3) is 0.594. The van der Waals surface area contributed by atoms with Crippen LogP contribution in [0, 0.1) is 5.41 Å². The molecule has 0 fully saturated rings. The first-order valence-electron chi connectivity index (χ1n) is 14.2. The van der Waals surface area contributed by atoms with Crippen molar-refractivity contribution in [3.8, 4) is 0 Å². The number of hydrogen-bond donors (Lipinski definition) is 1. The Morgan fingerprint density at radius 3 is 2.28 bits per heavy atom. The van der Waals surface area contributed by atoms with E-state index in [1.807, 2.05) is 6.92 Å². The maximum atomic E-state index is 13.3. The lowest BCUT2D eigenvalue weighted by atomic mass is 9.71. The quantitative estimate of drug-likeness (QED) is 0.359. The molecular weight excluding hydrogens is 515 g/mol. The number of aromatic nitrogens is 1. The number of alkyl halides is 3. The average molecular weight is 560 g/mol. The molecule has 39 heavy (non-hydrogen) atoms. The van der Waals surface area contributed by atoms with Gasteiger partial charge in [0.05, 0.1) is 11.7 Å². The number of benzene rings is 1. The molecule has 2 atom stereocenters. The Bertz CT molecular complexity index is 1240. The van der Waals surface area contributed by atoms with Crippen molar-refractivity contribution >= 4 is 13.9 Å². The zero-order valence-electron chi connectivity index (χ0n) is 24.7. The summed E-state index contributed by atoms with van der Waals surface area (Å²) in [5.41, 5.74) is 5.63. The third kappa shape index (κ3) is 6.05. The van der Waals surface area contributed by atoms with E-state index in [2.05, 4.69) is 53.8 Å². The van der Waals surface area contributed by atoms with Gasteiger partial charge in [-0.15, -0.1) is 0 Å². The lowest BCUT2D eigenvalue weighted by Gasteiger charge is -2.45. The van der Waals surface area contributed by atoms with Crippen LogP contribution in [0.2, 0.25) is 18.1 Å². The second-order valence-corrected chi connectivity index (χ2v) is 18.4. The van der Waals surface area contributed by atoms with Crippen LogP contribution >= 0.6 is 0 Å². The topological polar surface area (TPSA) is 42.4 Å². The highest BCUT2D eigenvalue weighted by Crippen LogP contribution is 2.51. The lowest BCUT2D eigenvalue weighted by Crippen LogP contribution is -2.44. The maximum absolute atomic E-state index is 13.3. The third-order valence-electron chi connectivity index (χ3n) is 8.90. The van der Waals surface area contributed by atoms with Crippen LogP contribution in [0.4, 0.5) is 13.2 Å². The standard InChI is InChI=1S/C32H44F3NO2Si/c1-9-23-28(29(37)21-14-16-22(17-15-21)32(33,34)35)26(20-12-10-11-13-20)27-24(36-23)18-31(5,6)19-25(27)38-39(7,8)30(2,3)4/h12,14-17,25,29,37H,9-11,13,18-19H2,1-8H3. The monoisotopic (exact) mass is 559 g/mol. The van der Waals surface area contributed by atoms with Gasteiger partial charge in [0, 0.05) is 22.5 Å². The van der Waals surface area contributed by atoms with Crippen LogP contribution in [-0.2, 0) is 23.4 Å². The average Bonchev–Trinajstić information content (AvgIpc) is 3.35. The molecule has 0 radical (unpaired) electrons. The first-order valence-corrected chi connectivity index (χ1v) is 17.1. The zero-order chi connectivity index (χ0) is 29.0. The summed E-state index contributed by atoms with van der Waals surface area (Å²) in [6, 6.07) is 4.89. The van der Waals surface area contributed by atoms with Gasteiger partial charge >= 0.3 is 6.18 Å². The Labute approximate surface area is 233 Å². The van der Waals surface area contributed by atoms with Crippen molar-refractivity contribution in [2.75, 3.05) is 0 Å². The largest absolute Gasteiger partial charge is 0.416 e. The molecule has 2 unspecified atom stereocenters. The van der Waals surface area contributed by atoms with E-state index in [-0.39, 0.29) is 16.6 Å². The molecule has 1 N–H and O–H groups in total. The molecule has 3 nitrogen and oxygen atoms in total. The van der Waals surface area contributed by atoms with Gasteiger partial charge in [-0.3, -0.25) is 4.98 Å². The van der Waals surface area contributed by atoms with Crippen LogP contribution in [-0.4, -0.2) is 18.4 Å². The first kappa shape index (κ1) is 30.0. The van der Waals surface area contributed by atoms with Crippen LogP contribution in [0.3, 0.4) is 0 Å². The number of aryl methyl sites for hydroxylation is 1. The Morgan fingerprint density at radius 1 is 1.13 bits per heavy atom. The van der Waals surface area contributed by atoms with E-state index in [4.69, 9.17) is 9.41 Å². The first-order chi connectivity index (χ1) is 17.9. The van der Waals surface area contributed by atoms with Gasteiger partial charge in [0.1, 0.15) is 6.10 Å². The molecule has 0 saturated heterocycles. The smallest absolute Gasteiger partial charge is 0.410 e. The van der Waals surface area contributed by atoms with Crippen LogP contribution in [0.25, 0.3) is 5.57 Å². The van der Waals surface area contributed by atoms with E-state index in [1.165, 1.54) is 17.7 Å². The summed E-state index contributed by atoms with van der Waals surface area (Å²) in [5.74, 6) is 0. The van der Waals surface area contributed by atoms with E-state index >= 15 is 0 Å². The Balaban J connectivity index is 1.95. The molecule has 2 aliphatic rings. The Kier molecular flexibility index (Phi) is 8.05. The summed E-state index contributed by atoms with van der Waals surface area (Å²) >= 11 is 0. The number of pyridine rings is 1. The summed E-state index contributed by atoms with van der Waals surface area (Å²) in [7, 11) is -2.16. The van der Waals surface area contributed by atoms with E-state index in [9.17, 15) is 18.3 Å². The van der Waals surface area contributed by atoms with Crippen molar-refractivity contribution in [2.24, 2.45) is 5.41 Å². The van der Waals surface area contributed by atoms with Crippen molar-refractivity contribution in [3.05, 3.63) is 69.5 Å². The number of aliphatic hydroxyl groups excluding tert-OH is 1. The van der Waals surface area contributed by atoms with Gasteiger partial charge in [0.2, 0.25) is 0 Å². The summed E-state index contributed by atoms with van der Waals surface area (Å²) in [6.45, 7) is 17.8. The minimum Gasteiger partial charge on any atom is -0.410 e. The molecule has 4 rings (SSSR count). The molecular formula is C32H44F3NO2Si. The SMILES string of the molecule is CCc1nc2c(c(C3=CCCC3)c1C(O)c1ccc(C(F)(F)F)cc1)C(O[Si](C)(C)C(C)(C)C)CC(C)(C)C2. The number of aliphatic hydroxyl groups is 1. The molecule has 2 aliphatic carbocycles. The predicted octanol–water partition coefficient (Wildman–Crippen LogP) is 9.35. The fourth-order valence-corrected chi connectivity index (χ4v) is 7.06. The third-order valence-corrected chi connectivity index (χ3v) is 13.4. The molecule has 0 saturated carbocycles. The zero-order valence-corrected chi connectivity index (χ0v) is 25.7. The number of fused-ring (bicyclic) bond motifs is 1. The number of nitrogens with zero attached hydrogens (tertiary/aromatic N) is 1. The molecule has 0 bridgehead atoms. The van der Waals surface area contributed by atoms with Crippen LogP contribution < -0.4 is 0 Å². The van der Waals surface area contributed by atoms with Gasteiger partial charge in [-0.25, -0.2) is 0 Å². The van der Waals surface area contributed by atoms with Crippen LogP contribution in [0.15, 0.2) is 30.3 Å². The van der Waals surface area contributed by atoms with E-state index in [0.29, 0.717) is 12.0 Å². The summed E-state index contributed by atoms with van der Waals surface area (Å²) < 4.78 is 46.9. The molecule has 1 aromatic carbocycles. The molecule has 0 amide bonds. The highest BCUT2D eigenvalue weighted by molar-refractivity contribution is 6.74. The Hall–Kier alpha value is -1.96. The highest BCUT2D eigenvalue weighted by atomic mass is 28.4. The predicted molar refractivity (Wildman–Crippen MR) is 154 cm³/mol. The fourth-order valence-electron chi connectivity index (χ4n) is 5.79. The molecule has 214 valence electrons. The van der Waals surface area contributed by atoms with Crippen molar-refractivity contribution in [3.63, 3.8) is 0 Å². The Morgan fingerprint density at radius 2 is 1.77 bits per heavy atom. The molecule has 1 heterocycles. The highest BCUT2D eigenvalue weighted by Gasteiger charge is 2.45. The molecule has 0 spiro atoms. The molecule has 1 aromatic heterocycles. The second kappa shape index (κ2) is 10.5. The lowest BCUT2D eigenvalue weighted by molar-refractivity contribution is -0.137. The van der Waals surface area contributed by atoms with Crippen molar-refractivity contribution < 1.29 is 22.7 Å². The van der Waals surface area contributed by atoms with Crippen LogP contribution in [0.5, 0.6) is 0 Å². The number of halogens is 3. The molecule has 7 heteroatoms. The van der Waals surface area contributed by atoms with Crippen LogP contribution in [0.1, 0.15) is 119 Å². The van der Waals surface area contributed by atoms with Crippen molar-refractivity contribution in [1.82, 2.24) is 4.98 Å². The number of rotatable bonds is 6. The molecule has 2 aromatic rings. The normalized spacial score (nSPS) is 20.5. The molecule has 0 aliphatic heterocycles. The van der Waals surface area contributed by atoms with Gasteiger partial charge in [-0.05, 0) is 90.9 Å². The minimum absolute atomic E-state index is 0.00687. The maximum Gasteiger partial charge on any atom is 0.416 e. The van der Waals surface area contributed by atoms with Gasteiger partial charge in [-0.2, -0.15) is 13.2 Å². The van der Waals surface area contributed by atoms with Gasteiger partial charge in [0.15, 0.2) is 8.32 Å². The van der Waals surface area contributed by atoms with E-state index in [0.717, 1.165) is 72.3 Å². The second-order valence-electron chi connectivity index (χ2n) is 13.6. The number of hydrogen-bond acceptors (Lipinski definition) is 3. The summed E-state index contributed by atoms with van der Waals surface area (Å²) in [4.78, 5) is 5.17.